The van der Waals surface area contributed by atoms with Gasteiger partial charge in [0.1, 0.15) is 11.6 Å². The summed E-state index contributed by atoms with van der Waals surface area (Å²) in [6.45, 7) is 6.60. The summed E-state index contributed by atoms with van der Waals surface area (Å²) in [6.07, 6.45) is 0.785. The molecule has 0 spiro atoms. The average molecular weight is 519 g/mol. The van der Waals surface area contributed by atoms with Gasteiger partial charge >= 0.3 is 6.03 Å². The third kappa shape index (κ3) is 5.94. The lowest BCUT2D eigenvalue weighted by atomic mass is 10.1. The van der Waals surface area contributed by atoms with Crippen molar-refractivity contribution < 1.29 is 9.53 Å². The lowest BCUT2D eigenvalue weighted by Gasteiger charge is -2.31. The number of amides is 2. The quantitative estimate of drug-likeness (QED) is 0.282. The molecule has 3 aromatic carbocycles. The van der Waals surface area contributed by atoms with Gasteiger partial charge in [-0.25, -0.2) is 9.78 Å². The molecule has 1 heterocycles. The van der Waals surface area contributed by atoms with Crippen molar-refractivity contribution in [2.45, 2.75) is 33.2 Å². The highest BCUT2D eigenvalue weighted by atomic mass is 35.5. The number of carbonyl (C=O) groups excluding carboxylic acids is 1. The van der Waals surface area contributed by atoms with Crippen LogP contribution in [0.15, 0.2) is 77.6 Å². The van der Waals surface area contributed by atoms with Crippen LogP contribution < -0.4 is 15.6 Å². The second-order valence-electron chi connectivity index (χ2n) is 9.32. The standard InChI is InChI=1S/C29H31ClN4O3/c1-19(2)16-17-33(29(36)31-22-9-7-8-21(30)18-22)20(3)27-32-26-11-6-5-10-25(26)28(35)34(27)23-12-14-24(37-4)15-13-23/h5-15,18-20H,16-17H2,1-4H3,(H,31,36). The van der Waals surface area contributed by atoms with E-state index >= 15 is 0 Å². The van der Waals surface area contributed by atoms with Crippen LogP contribution in [0, 0.1) is 5.92 Å². The summed E-state index contributed by atoms with van der Waals surface area (Å²) < 4.78 is 6.88. The second-order valence-corrected chi connectivity index (χ2v) is 9.75. The molecule has 4 aromatic rings. The van der Waals surface area contributed by atoms with Gasteiger partial charge in [0, 0.05) is 17.3 Å². The van der Waals surface area contributed by atoms with Crippen LogP contribution in [-0.4, -0.2) is 34.1 Å². The van der Waals surface area contributed by atoms with Crippen LogP contribution >= 0.6 is 11.6 Å². The lowest BCUT2D eigenvalue weighted by molar-refractivity contribution is 0.185. The summed E-state index contributed by atoms with van der Waals surface area (Å²) in [5.74, 6) is 1.53. The molecule has 8 heteroatoms. The van der Waals surface area contributed by atoms with Gasteiger partial charge in [-0.2, -0.15) is 0 Å². The highest BCUT2D eigenvalue weighted by Gasteiger charge is 2.27. The fourth-order valence-corrected chi connectivity index (χ4v) is 4.37. The van der Waals surface area contributed by atoms with E-state index in [2.05, 4.69) is 19.2 Å². The number of urea groups is 1. The van der Waals surface area contributed by atoms with Crippen LogP contribution in [0.4, 0.5) is 10.5 Å². The Balaban J connectivity index is 1.82. The van der Waals surface area contributed by atoms with Crippen molar-refractivity contribution in [1.29, 1.82) is 0 Å². The number of rotatable bonds is 8. The first kappa shape index (κ1) is 26.2. The van der Waals surface area contributed by atoms with E-state index < -0.39 is 6.04 Å². The zero-order chi connectivity index (χ0) is 26.5. The van der Waals surface area contributed by atoms with E-state index in [1.807, 2.05) is 37.3 Å². The first-order valence-electron chi connectivity index (χ1n) is 12.3. The molecule has 0 aliphatic heterocycles. The Morgan fingerprint density at radius 3 is 2.46 bits per heavy atom. The van der Waals surface area contributed by atoms with Crippen molar-refractivity contribution in [2.75, 3.05) is 19.0 Å². The van der Waals surface area contributed by atoms with Crippen LogP contribution in [0.3, 0.4) is 0 Å². The van der Waals surface area contributed by atoms with Crippen molar-refractivity contribution in [2.24, 2.45) is 5.92 Å². The number of fused-ring (bicyclic) bond motifs is 1. The summed E-state index contributed by atoms with van der Waals surface area (Å²) >= 11 is 6.13. The molecule has 1 unspecified atom stereocenters. The lowest BCUT2D eigenvalue weighted by Crippen LogP contribution is -2.40. The van der Waals surface area contributed by atoms with Crippen molar-refractivity contribution in [1.82, 2.24) is 14.5 Å². The zero-order valence-corrected chi connectivity index (χ0v) is 22.2. The monoisotopic (exact) mass is 518 g/mol. The Morgan fingerprint density at radius 2 is 1.78 bits per heavy atom. The minimum Gasteiger partial charge on any atom is -0.497 e. The SMILES string of the molecule is COc1ccc(-n2c(C(C)N(CCC(C)C)C(=O)Nc3cccc(Cl)c3)nc3ccccc3c2=O)cc1. The molecule has 192 valence electrons. The highest BCUT2D eigenvalue weighted by Crippen LogP contribution is 2.26. The maximum absolute atomic E-state index is 13.8. The Hall–Kier alpha value is -3.84. The minimum absolute atomic E-state index is 0.198. The molecule has 4 rings (SSSR count). The number of nitrogens with zero attached hydrogens (tertiary/aromatic N) is 3. The van der Waals surface area contributed by atoms with E-state index in [0.29, 0.717) is 51.3 Å². The third-order valence-electron chi connectivity index (χ3n) is 6.26. The first-order valence-corrected chi connectivity index (χ1v) is 12.7. The van der Waals surface area contributed by atoms with Gasteiger partial charge in [-0.05, 0) is 73.9 Å². The number of nitrogens with one attached hydrogen (secondary N) is 1. The molecular formula is C29H31ClN4O3. The first-order chi connectivity index (χ1) is 17.8. The van der Waals surface area contributed by atoms with Crippen LogP contribution in [0.1, 0.15) is 39.1 Å². The average Bonchev–Trinajstić information content (AvgIpc) is 2.88. The Labute approximate surface area is 221 Å². The number of halogens is 1. The number of para-hydroxylation sites is 1. The molecule has 0 saturated heterocycles. The molecule has 0 saturated carbocycles. The number of methoxy groups -OCH3 is 1. The van der Waals surface area contributed by atoms with Crippen molar-refractivity contribution in [3.8, 4) is 11.4 Å². The minimum atomic E-state index is -0.516. The van der Waals surface area contributed by atoms with Crippen LogP contribution in [-0.2, 0) is 0 Å². The van der Waals surface area contributed by atoms with Crippen LogP contribution in [0.25, 0.3) is 16.6 Å². The van der Waals surface area contributed by atoms with Gasteiger partial charge in [0.05, 0.1) is 29.7 Å². The largest absolute Gasteiger partial charge is 0.497 e. The molecule has 0 aliphatic rings. The summed E-state index contributed by atoms with van der Waals surface area (Å²) in [6, 6.07) is 20.7. The molecule has 1 N–H and O–H groups in total. The molecule has 0 fully saturated rings. The molecule has 1 aromatic heterocycles. The number of aromatic nitrogens is 2. The number of ether oxygens (including phenoxy) is 1. The zero-order valence-electron chi connectivity index (χ0n) is 21.4. The second kappa shape index (κ2) is 11.5. The van der Waals surface area contributed by atoms with Crippen molar-refractivity contribution in [3.63, 3.8) is 0 Å². The summed E-state index contributed by atoms with van der Waals surface area (Å²) in [4.78, 5) is 33.9. The summed E-state index contributed by atoms with van der Waals surface area (Å²) in [7, 11) is 1.59. The van der Waals surface area contributed by atoms with Gasteiger partial charge in [0.2, 0.25) is 0 Å². The van der Waals surface area contributed by atoms with Crippen LogP contribution in [0.2, 0.25) is 5.02 Å². The van der Waals surface area contributed by atoms with Crippen molar-refractivity contribution in [3.05, 3.63) is 94.0 Å². The van der Waals surface area contributed by atoms with E-state index in [1.54, 1.807) is 59.0 Å². The van der Waals surface area contributed by atoms with Gasteiger partial charge in [-0.1, -0.05) is 43.6 Å². The van der Waals surface area contributed by atoms with E-state index in [0.717, 1.165) is 6.42 Å². The number of anilines is 1. The van der Waals surface area contributed by atoms with Gasteiger partial charge in [-0.15, -0.1) is 0 Å². The van der Waals surface area contributed by atoms with Crippen molar-refractivity contribution >= 4 is 34.2 Å². The van der Waals surface area contributed by atoms with E-state index in [9.17, 15) is 9.59 Å². The molecule has 2 amide bonds. The van der Waals surface area contributed by atoms with Gasteiger partial charge in [0.15, 0.2) is 0 Å². The van der Waals surface area contributed by atoms with Gasteiger partial charge < -0.3 is 15.0 Å². The predicted molar refractivity (Wildman–Crippen MR) is 149 cm³/mol. The van der Waals surface area contributed by atoms with Gasteiger partial charge in [-0.3, -0.25) is 9.36 Å². The Bertz CT molecular complexity index is 1450. The molecule has 37 heavy (non-hydrogen) atoms. The molecule has 1 atom stereocenters. The fraction of sp³-hybridized carbons (Fsp3) is 0.276. The normalized spacial score (nSPS) is 11.9. The van der Waals surface area contributed by atoms with Gasteiger partial charge in [0.25, 0.3) is 5.56 Å². The van der Waals surface area contributed by atoms with Crippen LogP contribution in [0.5, 0.6) is 5.75 Å². The summed E-state index contributed by atoms with van der Waals surface area (Å²) in [5.41, 5.74) is 1.62. The third-order valence-corrected chi connectivity index (χ3v) is 6.49. The van der Waals surface area contributed by atoms with E-state index in [1.165, 1.54) is 0 Å². The predicted octanol–water partition coefficient (Wildman–Crippen LogP) is 6.69. The molecule has 7 nitrogen and oxygen atoms in total. The number of benzene rings is 3. The maximum atomic E-state index is 13.8. The highest BCUT2D eigenvalue weighted by molar-refractivity contribution is 6.30. The molecule has 0 aliphatic carbocycles. The number of hydrogen-bond acceptors (Lipinski definition) is 4. The van der Waals surface area contributed by atoms with E-state index in [-0.39, 0.29) is 11.6 Å². The molecular weight excluding hydrogens is 488 g/mol. The maximum Gasteiger partial charge on any atom is 0.322 e. The fourth-order valence-electron chi connectivity index (χ4n) is 4.18. The summed E-state index contributed by atoms with van der Waals surface area (Å²) in [5, 5.41) is 3.99. The molecule has 0 radical (unpaired) electrons. The topological polar surface area (TPSA) is 76.5 Å². The molecule has 0 bridgehead atoms. The number of carbonyl (C=O) groups is 1. The Morgan fingerprint density at radius 1 is 1.05 bits per heavy atom. The van der Waals surface area contributed by atoms with E-state index in [4.69, 9.17) is 21.3 Å². The smallest absolute Gasteiger partial charge is 0.322 e. The number of hydrogen-bond donors (Lipinski definition) is 1. The Kier molecular flexibility index (Phi) is 8.14.